The number of halogens is 1. The van der Waals surface area contributed by atoms with Crippen molar-refractivity contribution in [3.8, 4) is 11.5 Å². The van der Waals surface area contributed by atoms with Crippen molar-refractivity contribution in [2.75, 3.05) is 31.6 Å². The third kappa shape index (κ3) is 6.85. The van der Waals surface area contributed by atoms with E-state index in [9.17, 15) is 4.79 Å². The van der Waals surface area contributed by atoms with Crippen molar-refractivity contribution < 1.29 is 23.4 Å². The van der Waals surface area contributed by atoms with Crippen molar-refractivity contribution in [2.45, 2.75) is 45.8 Å². The van der Waals surface area contributed by atoms with Crippen LogP contribution in [0.4, 0.5) is 10.1 Å². The predicted molar refractivity (Wildman–Crippen MR) is 134 cm³/mol. The molecule has 3 atom stereocenters. The summed E-state index contributed by atoms with van der Waals surface area (Å²) in [7, 11) is 0. The van der Waals surface area contributed by atoms with Crippen molar-refractivity contribution in [2.24, 2.45) is 11.7 Å². The van der Waals surface area contributed by atoms with Gasteiger partial charge in [-0.2, -0.15) is 0 Å². The summed E-state index contributed by atoms with van der Waals surface area (Å²) < 4.78 is 32.9. The van der Waals surface area contributed by atoms with Crippen molar-refractivity contribution in [1.82, 2.24) is 5.32 Å². The molecule has 0 amide bonds. The molecule has 0 bridgehead atoms. The molecule has 3 rings (SSSR count). The second-order valence-corrected chi connectivity index (χ2v) is 8.51. The van der Waals surface area contributed by atoms with Gasteiger partial charge in [0.1, 0.15) is 17.7 Å². The summed E-state index contributed by atoms with van der Waals surface area (Å²) in [5.74, 6) is -0.664. The van der Waals surface area contributed by atoms with E-state index in [1.807, 2.05) is 13.8 Å². The van der Waals surface area contributed by atoms with Gasteiger partial charge in [0.2, 0.25) is 0 Å². The number of nitrogens with two attached hydrogens (primary N) is 1. The molecule has 1 aliphatic rings. The number of piperidine rings is 1. The van der Waals surface area contributed by atoms with Crippen LogP contribution in [-0.2, 0) is 9.53 Å². The number of amidine groups is 1. The van der Waals surface area contributed by atoms with Crippen LogP contribution in [-0.4, -0.2) is 44.2 Å². The van der Waals surface area contributed by atoms with E-state index in [2.05, 4.69) is 10.6 Å². The van der Waals surface area contributed by atoms with Crippen molar-refractivity contribution in [3.63, 3.8) is 0 Å². The van der Waals surface area contributed by atoms with Crippen molar-refractivity contribution in [3.05, 3.63) is 53.3 Å². The van der Waals surface area contributed by atoms with Crippen LogP contribution in [0, 0.1) is 17.1 Å². The highest BCUT2D eigenvalue weighted by atomic mass is 19.1. The Morgan fingerprint density at radius 1 is 1.26 bits per heavy atom. The first kappa shape index (κ1) is 26.3. The van der Waals surface area contributed by atoms with E-state index >= 15 is 4.39 Å². The summed E-state index contributed by atoms with van der Waals surface area (Å²) in [5.41, 5.74) is 6.67. The molecule has 2 aromatic carbocycles. The molecule has 5 N–H and O–H groups in total. The van der Waals surface area contributed by atoms with Gasteiger partial charge >= 0.3 is 5.97 Å². The monoisotopic (exact) mass is 486 g/mol. The van der Waals surface area contributed by atoms with Crippen molar-refractivity contribution in [1.29, 1.82) is 5.41 Å². The zero-order valence-electron chi connectivity index (χ0n) is 20.5. The maximum absolute atomic E-state index is 15.9. The lowest BCUT2D eigenvalue weighted by molar-refractivity contribution is -0.144. The number of nitrogen functional groups attached to an aromatic ring is 1. The molecular formula is C26H35FN4O4. The van der Waals surface area contributed by atoms with Gasteiger partial charge in [0.15, 0.2) is 17.6 Å². The zero-order valence-corrected chi connectivity index (χ0v) is 20.5. The first-order chi connectivity index (χ1) is 16.8. The second-order valence-electron chi connectivity index (χ2n) is 8.51. The molecular weight excluding hydrogens is 451 g/mol. The fraction of sp³-hybridized carbons (Fsp3) is 0.462. The maximum atomic E-state index is 15.9. The van der Waals surface area contributed by atoms with E-state index in [-0.39, 0.29) is 35.8 Å². The van der Waals surface area contributed by atoms with Crippen LogP contribution in [0.1, 0.15) is 50.8 Å². The molecule has 0 spiro atoms. The molecule has 0 aliphatic carbocycles. The Morgan fingerprint density at radius 2 is 2.00 bits per heavy atom. The zero-order chi connectivity index (χ0) is 25.4. The number of ether oxygens (including phenoxy) is 3. The highest BCUT2D eigenvalue weighted by Gasteiger charge is 2.30. The number of rotatable bonds is 11. The summed E-state index contributed by atoms with van der Waals surface area (Å²) in [6, 6.07) is 8.51. The molecule has 190 valence electrons. The number of carbonyl (C=O) groups excluding carboxylic acids is 1. The van der Waals surface area contributed by atoms with E-state index < -0.39 is 17.8 Å². The minimum absolute atomic E-state index is 0.0343. The third-order valence-corrected chi connectivity index (χ3v) is 6.00. The molecule has 1 aliphatic heterocycles. The number of carbonyl (C=O) groups is 1. The second kappa shape index (κ2) is 12.4. The van der Waals surface area contributed by atoms with Gasteiger partial charge in [0, 0.05) is 35.3 Å². The lowest BCUT2D eigenvalue weighted by Crippen LogP contribution is -2.38. The van der Waals surface area contributed by atoms with Crippen LogP contribution in [0.3, 0.4) is 0 Å². The molecule has 0 aromatic heterocycles. The minimum Gasteiger partial charge on any atom is -0.494 e. The summed E-state index contributed by atoms with van der Waals surface area (Å²) in [6.45, 7) is 7.75. The maximum Gasteiger partial charge on any atom is 0.333 e. The molecule has 1 heterocycles. The van der Waals surface area contributed by atoms with Crippen LogP contribution >= 0.6 is 0 Å². The highest BCUT2D eigenvalue weighted by molar-refractivity contribution is 5.95. The van der Waals surface area contributed by atoms with Crippen molar-refractivity contribution >= 4 is 17.5 Å². The summed E-state index contributed by atoms with van der Waals surface area (Å²) in [5, 5.41) is 14.0. The third-order valence-electron chi connectivity index (χ3n) is 6.00. The molecule has 1 saturated heterocycles. The predicted octanol–water partition coefficient (Wildman–Crippen LogP) is 3.99. The van der Waals surface area contributed by atoms with Gasteiger partial charge in [0.05, 0.1) is 13.2 Å². The molecule has 3 unspecified atom stereocenters. The van der Waals surface area contributed by atoms with Crippen LogP contribution in [0.25, 0.3) is 0 Å². The quantitative estimate of drug-likeness (QED) is 0.215. The Kier molecular flexibility index (Phi) is 9.31. The number of hydrogen-bond donors (Lipinski definition) is 4. The molecule has 0 radical (unpaired) electrons. The van der Waals surface area contributed by atoms with E-state index in [1.165, 1.54) is 12.1 Å². The Labute approximate surface area is 205 Å². The largest absolute Gasteiger partial charge is 0.494 e. The fourth-order valence-electron chi connectivity index (χ4n) is 4.12. The Balaban J connectivity index is 1.96. The van der Waals surface area contributed by atoms with Gasteiger partial charge < -0.3 is 30.6 Å². The molecule has 0 saturated carbocycles. The smallest absolute Gasteiger partial charge is 0.333 e. The number of hydrogen-bond acceptors (Lipinski definition) is 7. The summed E-state index contributed by atoms with van der Waals surface area (Å²) in [6.07, 6.45) is 1.81. The Hall–Kier alpha value is -3.33. The average molecular weight is 487 g/mol. The van der Waals surface area contributed by atoms with Gasteiger partial charge in [-0.1, -0.05) is 0 Å². The lowest BCUT2D eigenvalue weighted by Gasteiger charge is -2.29. The minimum atomic E-state index is -1.15. The van der Waals surface area contributed by atoms with Crippen LogP contribution in [0.5, 0.6) is 11.5 Å². The SMILES string of the molecule is CCOC(=O)C(Nc1ccc(C(=N)N)cc1)c1cc(OCC)cc(OC(C)C2CCCNC2)c1F. The fourth-order valence-corrected chi connectivity index (χ4v) is 4.12. The highest BCUT2D eigenvalue weighted by Crippen LogP contribution is 2.35. The standard InChI is InChI=1S/C26H35FN4O4/c1-4-33-20-13-21(23(27)22(14-20)35-16(3)18-7-6-12-30-15-18)24(26(32)34-5-2)31-19-10-8-17(9-11-19)25(28)29/h8-11,13-14,16,18,24,30-31H,4-7,12,15H2,1-3H3,(H3,28,29). The van der Waals surface area contributed by atoms with Gasteiger partial charge in [-0.15, -0.1) is 0 Å². The Bertz CT molecular complexity index is 1010. The first-order valence-corrected chi connectivity index (χ1v) is 12.0. The molecule has 1 fully saturated rings. The van der Waals surface area contributed by atoms with E-state index in [1.54, 1.807) is 31.2 Å². The van der Waals surface area contributed by atoms with Crippen LogP contribution < -0.4 is 25.8 Å². The van der Waals surface area contributed by atoms with Gasteiger partial charge in [-0.3, -0.25) is 5.41 Å². The van der Waals surface area contributed by atoms with Gasteiger partial charge in [-0.05, 0) is 70.5 Å². The summed E-state index contributed by atoms with van der Waals surface area (Å²) in [4.78, 5) is 12.9. The summed E-state index contributed by atoms with van der Waals surface area (Å²) >= 11 is 0. The topological polar surface area (TPSA) is 119 Å². The first-order valence-electron chi connectivity index (χ1n) is 12.0. The number of anilines is 1. The lowest BCUT2D eigenvalue weighted by atomic mass is 9.94. The van der Waals surface area contributed by atoms with Gasteiger partial charge in [-0.25, -0.2) is 9.18 Å². The Morgan fingerprint density at radius 3 is 2.60 bits per heavy atom. The molecule has 8 nitrogen and oxygen atoms in total. The average Bonchev–Trinajstić information content (AvgIpc) is 2.85. The van der Waals surface area contributed by atoms with Gasteiger partial charge in [0.25, 0.3) is 0 Å². The van der Waals surface area contributed by atoms with E-state index in [0.717, 1.165) is 25.9 Å². The van der Waals surface area contributed by atoms with Crippen LogP contribution in [0.15, 0.2) is 36.4 Å². The number of benzene rings is 2. The number of nitrogens with one attached hydrogen (secondary N) is 3. The molecule has 35 heavy (non-hydrogen) atoms. The van der Waals surface area contributed by atoms with E-state index in [4.69, 9.17) is 25.4 Å². The van der Waals surface area contributed by atoms with E-state index in [0.29, 0.717) is 23.6 Å². The van der Waals surface area contributed by atoms with Crippen LogP contribution in [0.2, 0.25) is 0 Å². The number of esters is 1. The molecule has 2 aromatic rings. The molecule has 9 heteroatoms. The normalized spacial score (nSPS) is 17.2.